The lowest BCUT2D eigenvalue weighted by Gasteiger charge is -2.34. The third-order valence-corrected chi connectivity index (χ3v) is 6.24. The van der Waals surface area contributed by atoms with Crippen LogP contribution >= 0.6 is 0 Å². The molecule has 25 heavy (non-hydrogen) atoms. The van der Waals surface area contributed by atoms with E-state index in [1.807, 2.05) is 0 Å². The lowest BCUT2D eigenvalue weighted by atomic mass is 10.2. The molecule has 136 valence electrons. The molecule has 10 heteroatoms. The Morgan fingerprint density at radius 1 is 1.12 bits per heavy atom. The molecule has 3 heterocycles. The van der Waals surface area contributed by atoms with Gasteiger partial charge in [-0.3, -0.25) is 9.59 Å². The first kappa shape index (κ1) is 17.6. The van der Waals surface area contributed by atoms with E-state index in [4.69, 9.17) is 0 Å². The second-order valence-electron chi connectivity index (χ2n) is 6.34. The van der Waals surface area contributed by atoms with Gasteiger partial charge in [-0.25, -0.2) is 18.4 Å². The molecule has 0 saturated carbocycles. The quantitative estimate of drug-likeness (QED) is 0.757. The molecule has 2 amide bonds. The Bertz CT molecular complexity index is 757. The first-order valence-corrected chi connectivity index (χ1v) is 10.00. The maximum Gasteiger partial charge on any atom is 0.257 e. The van der Waals surface area contributed by atoms with Crippen LogP contribution in [0, 0.1) is 0 Å². The molecule has 2 fully saturated rings. The van der Waals surface area contributed by atoms with Crippen molar-refractivity contribution in [2.45, 2.75) is 19.4 Å². The van der Waals surface area contributed by atoms with Crippen LogP contribution in [-0.2, 0) is 14.6 Å². The summed E-state index contributed by atoms with van der Waals surface area (Å²) in [6.07, 6.45) is 3.42. The highest BCUT2D eigenvalue weighted by Crippen LogP contribution is 2.15. The summed E-state index contributed by atoms with van der Waals surface area (Å²) in [5.74, 6) is 0.420. The van der Waals surface area contributed by atoms with Crippen molar-refractivity contribution in [1.29, 1.82) is 0 Å². The first-order chi connectivity index (χ1) is 11.8. The SMILES string of the molecule is CC(=O)N1CCN(C(=O)c2cnc(NC3CCS(=O)(=O)C3)nc2)CC1. The minimum absolute atomic E-state index is 0.0137. The van der Waals surface area contributed by atoms with Crippen molar-refractivity contribution in [3.05, 3.63) is 18.0 Å². The Labute approximate surface area is 146 Å². The molecular formula is C15H21N5O4S. The van der Waals surface area contributed by atoms with Gasteiger partial charge in [0.1, 0.15) is 0 Å². The Morgan fingerprint density at radius 3 is 2.24 bits per heavy atom. The van der Waals surface area contributed by atoms with Gasteiger partial charge in [-0.1, -0.05) is 0 Å². The van der Waals surface area contributed by atoms with E-state index in [1.165, 1.54) is 19.3 Å². The Hall–Kier alpha value is -2.23. The molecule has 2 aliphatic heterocycles. The van der Waals surface area contributed by atoms with Crippen molar-refractivity contribution in [2.75, 3.05) is 43.0 Å². The molecule has 0 radical (unpaired) electrons. The number of nitrogens with one attached hydrogen (secondary N) is 1. The number of amides is 2. The van der Waals surface area contributed by atoms with Gasteiger partial charge >= 0.3 is 0 Å². The van der Waals surface area contributed by atoms with Crippen molar-refractivity contribution in [3.8, 4) is 0 Å². The maximum atomic E-state index is 12.5. The third-order valence-electron chi connectivity index (χ3n) is 4.48. The number of carbonyl (C=O) groups is 2. The van der Waals surface area contributed by atoms with Gasteiger partial charge < -0.3 is 15.1 Å². The number of nitrogens with zero attached hydrogens (tertiary/aromatic N) is 4. The van der Waals surface area contributed by atoms with E-state index in [1.54, 1.807) is 9.80 Å². The number of hydrogen-bond donors (Lipinski definition) is 1. The number of hydrogen-bond acceptors (Lipinski definition) is 7. The highest BCUT2D eigenvalue weighted by atomic mass is 32.2. The van der Waals surface area contributed by atoms with E-state index < -0.39 is 9.84 Å². The molecule has 1 atom stereocenters. The average Bonchev–Trinajstić information content (AvgIpc) is 2.93. The molecule has 9 nitrogen and oxygen atoms in total. The molecule has 0 spiro atoms. The monoisotopic (exact) mass is 367 g/mol. The lowest BCUT2D eigenvalue weighted by molar-refractivity contribution is -0.130. The third kappa shape index (κ3) is 4.25. The number of sulfone groups is 1. The summed E-state index contributed by atoms with van der Waals surface area (Å²) >= 11 is 0. The van der Waals surface area contributed by atoms with Crippen LogP contribution in [0.3, 0.4) is 0 Å². The zero-order valence-electron chi connectivity index (χ0n) is 14.0. The molecule has 0 aromatic carbocycles. The van der Waals surface area contributed by atoms with Crippen molar-refractivity contribution >= 4 is 27.6 Å². The summed E-state index contributed by atoms with van der Waals surface area (Å²) in [7, 11) is -2.97. The van der Waals surface area contributed by atoms with Gasteiger partial charge in [0.05, 0.1) is 17.1 Å². The zero-order chi connectivity index (χ0) is 18.0. The molecule has 0 aliphatic carbocycles. The van der Waals surface area contributed by atoms with Crippen molar-refractivity contribution in [2.24, 2.45) is 0 Å². The average molecular weight is 367 g/mol. The second-order valence-corrected chi connectivity index (χ2v) is 8.57. The summed E-state index contributed by atoms with van der Waals surface area (Å²) in [4.78, 5) is 35.4. The van der Waals surface area contributed by atoms with Gasteiger partial charge in [-0.15, -0.1) is 0 Å². The minimum Gasteiger partial charge on any atom is -0.350 e. The summed E-state index contributed by atoms with van der Waals surface area (Å²) in [6, 6.07) is -0.189. The molecule has 1 aromatic rings. The summed E-state index contributed by atoms with van der Waals surface area (Å²) in [6.45, 7) is 3.54. The summed E-state index contributed by atoms with van der Waals surface area (Å²) in [5.41, 5.74) is 0.376. The van der Waals surface area contributed by atoms with Crippen LogP contribution < -0.4 is 5.32 Å². The molecule has 1 N–H and O–H groups in total. The number of anilines is 1. The van der Waals surface area contributed by atoms with E-state index >= 15 is 0 Å². The maximum absolute atomic E-state index is 12.5. The second kappa shape index (κ2) is 6.95. The summed E-state index contributed by atoms with van der Waals surface area (Å²) < 4.78 is 22.9. The zero-order valence-corrected chi connectivity index (χ0v) is 14.8. The largest absolute Gasteiger partial charge is 0.350 e. The molecular weight excluding hydrogens is 346 g/mol. The van der Waals surface area contributed by atoms with Gasteiger partial charge in [-0.2, -0.15) is 0 Å². The van der Waals surface area contributed by atoms with Crippen LogP contribution in [-0.4, -0.2) is 83.7 Å². The fourth-order valence-electron chi connectivity index (χ4n) is 3.01. The Balaban J connectivity index is 1.57. The van der Waals surface area contributed by atoms with Gasteiger partial charge in [0, 0.05) is 51.5 Å². The fraction of sp³-hybridized carbons (Fsp3) is 0.600. The first-order valence-electron chi connectivity index (χ1n) is 8.18. The Morgan fingerprint density at radius 2 is 1.72 bits per heavy atom. The van der Waals surface area contributed by atoms with Gasteiger partial charge in [0.25, 0.3) is 5.91 Å². The number of piperazine rings is 1. The highest BCUT2D eigenvalue weighted by molar-refractivity contribution is 7.91. The van der Waals surface area contributed by atoms with E-state index in [2.05, 4.69) is 15.3 Å². The number of rotatable bonds is 3. The summed E-state index contributed by atoms with van der Waals surface area (Å²) in [5, 5.41) is 2.99. The smallest absolute Gasteiger partial charge is 0.257 e. The van der Waals surface area contributed by atoms with Crippen LogP contribution in [0.5, 0.6) is 0 Å². The van der Waals surface area contributed by atoms with Gasteiger partial charge in [0.15, 0.2) is 9.84 Å². The van der Waals surface area contributed by atoms with Crippen molar-refractivity contribution in [3.63, 3.8) is 0 Å². The molecule has 2 aliphatic rings. The molecule has 1 unspecified atom stereocenters. The minimum atomic E-state index is -2.97. The van der Waals surface area contributed by atoms with E-state index in [0.717, 1.165) is 0 Å². The predicted molar refractivity (Wildman–Crippen MR) is 90.9 cm³/mol. The number of aromatic nitrogens is 2. The highest BCUT2D eigenvalue weighted by Gasteiger charge is 2.28. The van der Waals surface area contributed by atoms with Crippen LogP contribution in [0.4, 0.5) is 5.95 Å². The molecule has 0 bridgehead atoms. The predicted octanol–water partition coefficient (Wildman–Crippen LogP) is -0.620. The van der Waals surface area contributed by atoms with Crippen LogP contribution in [0.15, 0.2) is 12.4 Å². The van der Waals surface area contributed by atoms with Crippen LogP contribution in [0.2, 0.25) is 0 Å². The van der Waals surface area contributed by atoms with E-state index in [-0.39, 0.29) is 29.4 Å². The van der Waals surface area contributed by atoms with E-state index in [9.17, 15) is 18.0 Å². The van der Waals surface area contributed by atoms with Gasteiger partial charge in [0.2, 0.25) is 11.9 Å². The molecule has 2 saturated heterocycles. The number of carbonyl (C=O) groups excluding carboxylic acids is 2. The standard InChI is InChI=1S/C15H21N5O4S/c1-11(21)19-3-5-20(6-4-19)14(22)12-8-16-15(17-9-12)18-13-2-7-25(23,24)10-13/h8-9,13H,2-7,10H2,1H3,(H,16,17,18). The van der Waals surface area contributed by atoms with Crippen molar-refractivity contribution in [1.82, 2.24) is 19.8 Å². The van der Waals surface area contributed by atoms with Crippen LogP contribution in [0.1, 0.15) is 23.7 Å². The lowest BCUT2D eigenvalue weighted by Crippen LogP contribution is -2.50. The van der Waals surface area contributed by atoms with Crippen LogP contribution in [0.25, 0.3) is 0 Å². The fourth-order valence-corrected chi connectivity index (χ4v) is 4.68. The Kier molecular flexibility index (Phi) is 4.89. The van der Waals surface area contributed by atoms with E-state index in [0.29, 0.717) is 44.1 Å². The topological polar surface area (TPSA) is 113 Å². The van der Waals surface area contributed by atoms with Crippen molar-refractivity contribution < 1.29 is 18.0 Å². The van der Waals surface area contributed by atoms with Gasteiger partial charge in [-0.05, 0) is 6.42 Å². The molecule has 1 aromatic heterocycles. The normalized spacial score (nSPS) is 22.7. The molecule has 3 rings (SSSR count).